The highest BCUT2D eigenvalue weighted by Gasteiger charge is 2.14. The lowest BCUT2D eigenvalue weighted by Crippen LogP contribution is -2.15. The predicted molar refractivity (Wildman–Crippen MR) is 144 cm³/mol. The van der Waals surface area contributed by atoms with Gasteiger partial charge in [0.15, 0.2) is 0 Å². The molecule has 0 saturated heterocycles. The lowest BCUT2D eigenvalue weighted by molar-refractivity contribution is -0.385. The number of nitrogens with zero attached hydrogens (tertiary/aromatic N) is 4. The SMILES string of the molecule is C=C(C)CN=c1scc(-c2ccc(-c3ccccc3)cc2)n1N=C(C)c1ccc(C)c([N+](=O)[O-])c1. The van der Waals surface area contributed by atoms with Gasteiger partial charge < -0.3 is 0 Å². The first kappa shape index (κ1) is 24.0. The zero-order valence-corrected chi connectivity index (χ0v) is 20.7. The Bertz CT molecular complexity index is 1480. The molecule has 0 atom stereocenters. The standard InChI is InChI=1S/C28H26N4O2S/c1-19(2)17-29-28-31(30-21(4)25-11-10-20(3)26(16-25)32(33)34)27(18-35-28)24-14-12-23(13-15-24)22-8-6-5-7-9-22/h5-16,18H,1,17H2,2-4H3. The first-order chi connectivity index (χ1) is 16.8. The van der Waals surface area contributed by atoms with E-state index in [1.807, 2.05) is 48.2 Å². The third kappa shape index (κ3) is 5.53. The second-order valence-corrected chi connectivity index (χ2v) is 9.21. The first-order valence-corrected chi connectivity index (χ1v) is 12.0. The summed E-state index contributed by atoms with van der Waals surface area (Å²) in [6.07, 6.45) is 0. The molecule has 35 heavy (non-hydrogen) atoms. The Hall–Kier alpha value is -4.10. The van der Waals surface area contributed by atoms with Crippen LogP contribution in [0.4, 0.5) is 5.69 Å². The van der Waals surface area contributed by atoms with Crippen LogP contribution in [0, 0.1) is 17.0 Å². The van der Waals surface area contributed by atoms with E-state index in [0.29, 0.717) is 23.4 Å². The number of thiazole rings is 1. The summed E-state index contributed by atoms with van der Waals surface area (Å²) >= 11 is 1.50. The molecule has 4 aromatic rings. The summed E-state index contributed by atoms with van der Waals surface area (Å²) in [7, 11) is 0. The van der Waals surface area contributed by atoms with Gasteiger partial charge in [0.05, 0.1) is 22.9 Å². The Labute approximate surface area is 208 Å². The van der Waals surface area contributed by atoms with E-state index in [4.69, 9.17) is 10.1 Å². The molecule has 0 spiro atoms. The van der Waals surface area contributed by atoms with Crippen molar-refractivity contribution in [1.82, 2.24) is 4.68 Å². The minimum Gasteiger partial charge on any atom is -0.258 e. The highest BCUT2D eigenvalue weighted by atomic mass is 32.1. The van der Waals surface area contributed by atoms with E-state index in [-0.39, 0.29) is 10.6 Å². The third-order valence-corrected chi connectivity index (χ3v) is 6.38. The van der Waals surface area contributed by atoms with E-state index in [1.165, 1.54) is 11.3 Å². The molecule has 1 aromatic heterocycles. The average molecular weight is 483 g/mol. The molecule has 0 saturated carbocycles. The number of aryl methyl sites for hydroxylation is 1. The molecule has 0 aliphatic rings. The molecule has 0 bridgehead atoms. The van der Waals surface area contributed by atoms with Gasteiger partial charge in [0.1, 0.15) is 0 Å². The number of hydrogen-bond acceptors (Lipinski definition) is 5. The lowest BCUT2D eigenvalue weighted by Gasteiger charge is -2.08. The van der Waals surface area contributed by atoms with Crippen LogP contribution in [0.3, 0.4) is 0 Å². The van der Waals surface area contributed by atoms with Crippen LogP contribution in [-0.4, -0.2) is 21.9 Å². The molecule has 0 unspecified atom stereocenters. The maximum atomic E-state index is 11.4. The average Bonchev–Trinajstić information content (AvgIpc) is 3.25. The van der Waals surface area contributed by atoms with Crippen molar-refractivity contribution in [3.63, 3.8) is 0 Å². The summed E-state index contributed by atoms with van der Waals surface area (Å²) in [5, 5.41) is 18.3. The Morgan fingerprint density at radius 2 is 1.66 bits per heavy atom. The van der Waals surface area contributed by atoms with Gasteiger partial charge in [-0.25, -0.2) is 4.68 Å². The molecule has 7 heteroatoms. The Kier molecular flexibility index (Phi) is 7.17. The fourth-order valence-electron chi connectivity index (χ4n) is 3.61. The topological polar surface area (TPSA) is 72.8 Å². The maximum Gasteiger partial charge on any atom is 0.272 e. The largest absolute Gasteiger partial charge is 0.272 e. The van der Waals surface area contributed by atoms with E-state index in [1.54, 1.807) is 19.1 Å². The van der Waals surface area contributed by atoms with Crippen molar-refractivity contribution in [3.8, 4) is 22.4 Å². The van der Waals surface area contributed by atoms with Crippen molar-refractivity contribution in [2.75, 3.05) is 6.54 Å². The Balaban J connectivity index is 1.79. The van der Waals surface area contributed by atoms with E-state index >= 15 is 0 Å². The van der Waals surface area contributed by atoms with E-state index in [0.717, 1.165) is 32.8 Å². The van der Waals surface area contributed by atoms with Crippen molar-refractivity contribution >= 4 is 22.7 Å². The van der Waals surface area contributed by atoms with Crippen LogP contribution >= 0.6 is 11.3 Å². The molecule has 3 aromatic carbocycles. The van der Waals surface area contributed by atoms with Crippen LogP contribution in [-0.2, 0) is 0 Å². The fourth-order valence-corrected chi connectivity index (χ4v) is 4.44. The fraction of sp³-hybridized carbons (Fsp3) is 0.143. The summed E-state index contributed by atoms with van der Waals surface area (Å²) in [5.74, 6) is 0. The quantitative estimate of drug-likeness (QED) is 0.125. The van der Waals surface area contributed by atoms with Gasteiger partial charge in [0.25, 0.3) is 5.69 Å². The summed E-state index contributed by atoms with van der Waals surface area (Å²) in [4.78, 5) is 16.5. The van der Waals surface area contributed by atoms with Gasteiger partial charge in [-0.1, -0.05) is 78.9 Å². The van der Waals surface area contributed by atoms with E-state index in [9.17, 15) is 10.1 Å². The van der Waals surface area contributed by atoms with Crippen molar-refractivity contribution in [2.24, 2.45) is 10.1 Å². The number of hydrogen-bond donors (Lipinski definition) is 0. The van der Waals surface area contributed by atoms with Gasteiger partial charge in [0, 0.05) is 28.1 Å². The number of rotatable bonds is 7. The summed E-state index contributed by atoms with van der Waals surface area (Å²) in [5.41, 5.74) is 7.19. The van der Waals surface area contributed by atoms with Crippen molar-refractivity contribution < 1.29 is 4.92 Å². The number of benzene rings is 3. The molecule has 1 heterocycles. The highest BCUT2D eigenvalue weighted by Crippen LogP contribution is 2.26. The molecular formula is C28H26N4O2S. The van der Waals surface area contributed by atoms with E-state index in [2.05, 4.69) is 43.0 Å². The van der Waals surface area contributed by atoms with Crippen LogP contribution in [0.1, 0.15) is 25.0 Å². The lowest BCUT2D eigenvalue weighted by atomic mass is 10.0. The molecule has 176 valence electrons. The minimum absolute atomic E-state index is 0.0799. The van der Waals surface area contributed by atoms with Crippen LogP contribution in [0.15, 0.2) is 100 Å². The van der Waals surface area contributed by atoms with Gasteiger partial charge in [-0.2, -0.15) is 5.10 Å². The monoisotopic (exact) mass is 482 g/mol. The van der Waals surface area contributed by atoms with Crippen LogP contribution < -0.4 is 4.80 Å². The number of nitro benzene ring substituents is 1. The molecule has 6 nitrogen and oxygen atoms in total. The van der Waals surface area contributed by atoms with Crippen LogP contribution in [0.2, 0.25) is 0 Å². The molecule has 0 N–H and O–H groups in total. The predicted octanol–water partition coefficient (Wildman–Crippen LogP) is 6.85. The Morgan fingerprint density at radius 1 is 1.00 bits per heavy atom. The highest BCUT2D eigenvalue weighted by molar-refractivity contribution is 7.07. The van der Waals surface area contributed by atoms with Gasteiger partial charge >= 0.3 is 0 Å². The second-order valence-electron chi connectivity index (χ2n) is 8.38. The second kappa shape index (κ2) is 10.4. The van der Waals surface area contributed by atoms with Crippen LogP contribution in [0.5, 0.6) is 0 Å². The molecular weight excluding hydrogens is 456 g/mol. The number of nitro groups is 1. The van der Waals surface area contributed by atoms with Gasteiger partial charge in [0.2, 0.25) is 4.80 Å². The number of aromatic nitrogens is 1. The van der Waals surface area contributed by atoms with Crippen LogP contribution in [0.25, 0.3) is 22.4 Å². The maximum absolute atomic E-state index is 11.4. The first-order valence-electron chi connectivity index (χ1n) is 11.2. The minimum atomic E-state index is -0.364. The molecule has 0 aliphatic carbocycles. The molecule has 0 fully saturated rings. The van der Waals surface area contributed by atoms with E-state index < -0.39 is 0 Å². The summed E-state index contributed by atoms with van der Waals surface area (Å²) < 4.78 is 1.81. The smallest absolute Gasteiger partial charge is 0.258 e. The summed E-state index contributed by atoms with van der Waals surface area (Å²) in [6.45, 7) is 9.96. The van der Waals surface area contributed by atoms with Gasteiger partial charge in [-0.05, 0) is 31.9 Å². The van der Waals surface area contributed by atoms with Crippen molar-refractivity contribution in [1.29, 1.82) is 0 Å². The van der Waals surface area contributed by atoms with Crippen molar-refractivity contribution in [3.05, 3.63) is 116 Å². The van der Waals surface area contributed by atoms with Crippen molar-refractivity contribution in [2.45, 2.75) is 20.8 Å². The molecule has 0 amide bonds. The molecule has 0 radical (unpaired) electrons. The molecule has 4 rings (SSSR count). The third-order valence-electron chi connectivity index (χ3n) is 5.53. The zero-order valence-electron chi connectivity index (χ0n) is 19.9. The van der Waals surface area contributed by atoms with Gasteiger partial charge in [-0.3, -0.25) is 15.1 Å². The summed E-state index contributed by atoms with van der Waals surface area (Å²) in [6, 6.07) is 23.7. The van der Waals surface area contributed by atoms with Gasteiger partial charge in [-0.15, -0.1) is 11.3 Å². The normalized spacial score (nSPS) is 12.1. The molecule has 0 aliphatic heterocycles. The Morgan fingerprint density at radius 3 is 2.31 bits per heavy atom. The zero-order chi connectivity index (χ0) is 24.9.